The van der Waals surface area contributed by atoms with Crippen LogP contribution in [0.2, 0.25) is 0 Å². The summed E-state index contributed by atoms with van der Waals surface area (Å²) in [6, 6.07) is 6.34. The molecule has 0 aliphatic rings. The van der Waals surface area contributed by atoms with E-state index in [9.17, 15) is 0 Å². The zero-order valence-corrected chi connectivity index (χ0v) is 11.5. The number of aryl methyl sites for hydroxylation is 2. The Morgan fingerprint density at radius 1 is 1.44 bits per heavy atom. The van der Waals surface area contributed by atoms with Gasteiger partial charge in [-0.05, 0) is 25.5 Å². The van der Waals surface area contributed by atoms with E-state index >= 15 is 0 Å². The van der Waals surface area contributed by atoms with Crippen molar-refractivity contribution < 1.29 is 15.6 Å². The quantitative estimate of drug-likeness (QED) is 0.771. The number of carbonyl (C=O) groups is 1. The maximum atomic E-state index is 9.12. The van der Waals surface area contributed by atoms with Gasteiger partial charge in [-0.1, -0.05) is 0 Å². The van der Waals surface area contributed by atoms with Gasteiger partial charge in [0.2, 0.25) is 0 Å². The lowest BCUT2D eigenvalue weighted by Crippen LogP contribution is -2.39. The van der Waals surface area contributed by atoms with Crippen molar-refractivity contribution in [3.05, 3.63) is 29.5 Å². The van der Waals surface area contributed by atoms with Crippen molar-refractivity contribution in [1.82, 2.24) is 4.57 Å². The van der Waals surface area contributed by atoms with Crippen molar-refractivity contribution >= 4 is 34.2 Å². The summed E-state index contributed by atoms with van der Waals surface area (Å²) in [5.41, 5.74) is 9.02. The van der Waals surface area contributed by atoms with Crippen LogP contribution in [0.25, 0.3) is 10.9 Å². The fourth-order valence-corrected chi connectivity index (χ4v) is 1.80. The van der Waals surface area contributed by atoms with E-state index in [0.29, 0.717) is 0 Å². The van der Waals surface area contributed by atoms with E-state index in [1.165, 1.54) is 22.2 Å². The van der Waals surface area contributed by atoms with Crippen molar-refractivity contribution in [3.8, 4) is 0 Å². The first-order chi connectivity index (χ1) is 8.38. The van der Waals surface area contributed by atoms with Crippen molar-refractivity contribution in [2.45, 2.75) is 13.8 Å². The number of benzene rings is 1. The van der Waals surface area contributed by atoms with Crippen LogP contribution in [-0.2, 0) is 11.8 Å². The fourth-order valence-electron chi connectivity index (χ4n) is 1.80. The van der Waals surface area contributed by atoms with Gasteiger partial charge in [-0.25, -0.2) is 0 Å². The second kappa shape index (κ2) is 5.89. The van der Waals surface area contributed by atoms with Gasteiger partial charge in [-0.15, -0.1) is 11.6 Å². The highest BCUT2D eigenvalue weighted by Gasteiger charge is 2.08. The lowest BCUT2D eigenvalue weighted by Gasteiger charge is -1.97. The van der Waals surface area contributed by atoms with Crippen LogP contribution in [0.15, 0.2) is 18.2 Å². The molecule has 0 radical (unpaired) electrons. The molecule has 5 heteroatoms. The molecule has 2 rings (SSSR count). The molecule has 18 heavy (non-hydrogen) atoms. The summed E-state index contributed by atoms with van der Waals surface area (Å²) in [7, 11) is 2.10. The Bertz CT molecular complexity index is 576. The van der Waals surface area contributed by atoms with E-state index in [1.807, 2.05) is 0 Å². The van der Waals surface area contributed by atoms with Gasteiger partial charge in [-0.3, -0.25) is 0 Å². The Labute approximate surface area is 111 Å². The second-order valence-corrected chi connectivity index (χ2v) is 4.39. The van der Waals surface area contributed by atoms with E-state index in [1.54, 1.807) is 0 Å². The summed E-state index contributed by atoms with van der Waals surface area (Å²) in [5, 5.41) is 10.5. The van der Waals surface area contributed by atoms with E-state index in [2.05, 4.69) is 61.0 Å². The van der Waals surface area contributed by atoms with Gasteiger partial charge in [0, 0.05) is 35.8 Å². The third kappa shape index (κ3) is 3.03. The number of carbonyl (C=O) groups excluding carboxylic acids is 1. The number of rotatable bonds is 1. The standard InChI is InChI=1S/C11H14N2.C2H3ClO2/c1-7-8(2)13(3)11-5-4-9(12)6-10(7)11;3-1-2(4)5/h4-6H,12H2,1-3H3;1H2,(H,4,5). The molecule has 0 fully saturated rings. The molecule has 0 amide bonds. The number of fused-ring (bicyclic) bond motifs is 1. The molecule has 0 unspecified atom stereocenters. The summed E-state index contributed by atoms with van der Waals surface area (Å²) in [6.07, 6.45) is 0. The summed E-state index contributed by atoms with van der Waals surface area (Å²) in [6.45, 7) is 4.31. The Balaban J connectivity index is 0.000000280. The minimum absolute atomic E-state index is 0.417. The molecule has 98 valence electrons. The van der Waals surface area contributed by atoms with Gasteiger partial charge < -0.3 is 20.2 Å². The molecule has 0 aliphatic carbocycles. The molecule has 1 heterocycles. The minimum atomic E-state index is -1.23. The fraction of sp³-hybridized carbons (Fsp3) is 0.308. The van der Waals surface area contributed by atoms with Gasteiger partial charge in [-0.2, -0.15) is 0 Å². The largest absolute Gasteiger partial charge is 0.549 e. The van der Waals surface area contributed by atoms with Gasteiger partial charge in [0.05, 0.1) is 11.8 Å². The summed E-state index contributed by atoms with van der Waals surface area (Å²) in [5.74, 6) is -1.65. The molecule has 0 spiro atoms. The van der Waals surface area contributed by atoms with Crippen LogP contribution in [0.4, 0.5) is 5.69 Å². The number of quaternary nitrogens is 1. The number of nitrogens with zero attached hydrogens (tertiary/aromatic N) is 1. The number of hydrogen-bond donors (Lipinski definition) is 1. The highest BCUT2D eigenvalue weighted by molar-refractivity contribution is 6.25. The van der Waals surface area contributed by atoms with Gasteiger partial charge in [0.15, 0.2) is 0 Å². The van der Waals surface area contributed by atoms with Crippen molar-refractivity contribution in [2.75, 3.05) is 5.88 Å². The number of alkyl halides is 1. The van der Waals surface area contributed by atoms with Crippen LogP contribution in [-0.4, -0.2) is 16.4 Å². The molecular weight excluding hydrogens is 252 g/mol. The van der Waals surface area contributed by atoms with Crippen LogP contribution in [0.5, 0.6) is 0 Å². The molecule has 2 aromatic rings. The van der Waals surface area contributed by atoms with Crippen LogP contribution < -0.4 is 10.8 Å². The molecule has 4 nitrogen and oxygen atoms in total. The van der Waals surface area contributed by atoms with Gasteiger partial charge in [0.1, 0.15) is 5.69 Å². The molecular formula is C13H17ClN2O2. The smallest absolute Gasteiger partial charge is 0.128 e. The van der Waals surface area contributed by atoms with E-state index in [0.717, 1.165) is 5.69 Å². The van der Waals surface area contributed by atoms with Crippen molar-refractivity contribution in [3.63, 3.8) is 0 Å². The molecule has 0 saturated carbocycles. The lowest BCUT2D eigenvalue weighted by atomic mass is 10.1. The SMILES string of the molecule is Cc1c(C)n(C)c2ccc([NH3+])cc12.O=C([O-])CCl. The molecule has 0 saturated heterocycles. The third-order valence-electron chi connectivity index (χ3n) is 2.98. The van der Waals surface area contributed by atoms with Crippen molar-refractivity contribution in [1.29, 1.82) is 0 Å². The Hall–Kier alpha value is -1.52. The van der Waals surface area contributed by atoms with Crippen molar-refractivity contribution in [2.24, 2.45) is 7.05 Å². The average molecular weight is 269 g/mol. The first kappa shape index (κ1) is 14.5. The van der Waals surface area contributed by atoms with E-state index in [-0.39, 0.29) is 0 Å². The van der Waals surface area contributed by atoms with Crippen LogP contribution in [0, 0.1) is 13.8 Å². The number of aromatic nitrogens is 1. The average Bonchev–Trinajstić information content (AvgIpc) is 2.55. The Morgan fingerprint density at radius 3 is 2.50 bits per heavy atom. The molecule has 0 bridgehead atoms. The highest BCUT2D eigenvalue weighted by Crippen LogP contribution is 2.25. The first-order valence-corrected chi connectivity index (χ1v) is 6.05. The van der Waals surface area contributed by atoms with Crippen LogP contribution in [0.1, 0.15) is 11.3 Å². The van der Waals surface area contributed by atoms with Gasteiger partial charge in [0.25, 0.3) is 0 Å². The maximum absolute atomic E-state index is 9.12. The summed E-state index contributed by atoms with van der Waals surface area (Å²) >= 11 is 4.67. The Kier molecular flexibility index (Phi) is 4.76. The number of carboxylic acid groups (broad SMARTS) is 1. The molecule has 1 aromatic carbocycles. The topological polar surface area (TPSA) is 72.7 Å². The predicted molar refractivity (Wildman–Crippen MR) is 70.7 cm³/mol. The number of hydrogen-bond acceptors (Lipinski definition) is 2. The highest BCUT2D eigenvalue weighted by atomic mass is 35.5. The van der Waals surface area contributed by atoms with Gasteiger partial charge >= 0.3 is 0 Å². The monoisotopic (exact) mass is 268 g/mol. The maximum Gasteiger partial charge on any atom is 0.128 e. The zero-order chi connectivity index (χ0) is 13.9. The summed E-state index contributed by atoms with van der Waals surface area (Å²) < 4.78 is 2.23. The minimum Gasteiger partial charge on any atom is -0.549 e. The molecule has 1 aromatic heterocycles. The second-order valence-electron chi connectivity index (χ2n) is 4.13. The molecule has 0 aliphatic heterocycles. The van der Waals surface area contributed by atoms with E-state index < -0.39 is 11.8 Å². The predicted octanol–water partition coefficient (Wildman–Crippen LogP) is 0.644. The Morgan fingerprint density at radius 2 is 2.00 bits per heavy atom. The van der Waals surface area contributed by atoms with E-state index in [4.69, 9.17) is 9.90 Å². The normalized spacial score (nSPS) is 10.1. The number of halogens is 1. The number of carboxylic acids is 1. The van der Waals surface area contributed by atoms with Crippen LogP contribution >= 0.6 is 11.6 Å². The third-order valence-corrected chi connectivity index (χ3v) is 3.20. The van der Waals surface area contributed by atoms with Crippen LogP contribution in [0.3, 0.4) is 0 Å². The molecule has 0 atom stereocenters. The first-order valence-electron chi connectivity index (χ1n) is 5.52. The molecule has 3 N–H and O–H groups in total. The zero-order valence-electron chi connectivity index (χ0n) is 10.8. The summed E-state index contributed by atoms with van der Waals surface area (Å²) in [4.78, 5) is 9.12. The lowest BCUT2D eigenvalue weighted by molar-refractivity contribution is -0.301. The number of aliphatic carboxylic acids is 1.